The van der Waals surface area contributed by atoms with Crippen molar-refractivity contribution in [3.05, 3.63) is 34.6 Å². The molecule has 1 fully saturated rings. The van der Waals surface area contributed by atoms with Gasteiger partial charge in [-0.2, -0.15) is 0 Å². The van der Waals surface area contributed by atoms with E-state index in [0.29, 0.717) is 23.7 Å². The maximum absolute atomic E-state index is 13.5. The summed E-state index contributed by atoms with van der Waals surface area (Å²) in [5.74, 6) is -0.450. The molecule has 92 valence electrons. The molecule has 1 heterocycles. The molecule has 0 unspecified atom stereocenters. The number of benzene rings is 1. The van der Waals surface area contributed by atoms with Crippen LogP contribution in [0.3, 0.4) is 0 Å². The zero-order valence-corrected chi connectivity index (χ0v) is 10.1. The monoisotopic (exact) mass is 256 g/mol. The zero-order chi connectivity index (χ0) is 12.3. The van der Waals surface area contributed by atoms with Gasteiger partial charge in [0.25, 0.3) is 0 Å². The van der Waals surface area contributed by atoms with Gasteiger partial charge in [0.05, 0.1) is 6.42 Å². The Labute approximate surface area is 105 Å². The van der Waals surface area contributed by atoms with Gasteiger partial charge < -0.3 is 10.2 Å². The summed E-state index contributed by atoms with van der Waals surface area (Å²) in [5, 5.41) is 3.51. The van der Waals surface area contributed by atoms with Crippen molar-refractivity contribution in [1.29, 1.82) is 0 Å². The number of halogens is 2. The number of hydrogen-bond acceptors (Lipinski definition) is 2. The van der Waals surface area contributed by atoms with Crippen molar-refractivity contribution < 1.29 is 9.18 Å². The number of piperazine rings is 1. The summed E-state index contributed by atoms with van der Waals surface area (Å²) < 4.78 is 13.5. The van der Waals surface area contributed by atoms with E-state index in [2.05, 4.69) is 5.32 Å². The Morgan fingerprint density at radius 1 is 1.41 bits per heavy atom. The lowest BCUT2D eigenvalue weighted by Gasteiger charge is -2.27. The van der Waals surface area contributed by atoms with E-state index in [9.17, 15) is 9.18 Å². The summed E-state index contributed by atoms with van der Waals surface area (Å²) >= 11 is 5.66. The van der Waals surface area contributed by atoms with Gasteiger partial charge in [0.1, 0.15) is 5.82 Å². The third-order valence-electron chi connectivity index (χ3n) is 2.83. The molecule has 1 aromatic carbocycles. The van der Waals surface area contributed by atoms with Crippen LogP contribution in [0.4, 0.5) is 4.39 Å². The van der Waals surface area contributed by atoms with Crippen LogP contribution in [0, 0.1) is 5.82 Å². The summed E-state index contributed by atoms with van der Waals surface area (Å²) in [6.45, 7) is 2.98. The molecule has 0 saturated carbocycles. The second-order valence-corrected chi connectivity index (χ2v) is 4.48. The molecule has 0 radical (unpaired) electrons. The third-order valence-corrected chi connectivity index (χ3v) is 3.06. The Bertz CT molecular complexity index is 419. The molecule has 1 N–H and O–H groups in total. The second kappa shape index (κ2) is 5.47. The molecule has 5 heteroatoms. The Morgan fingerprint density at radius 2 is 2.12 bits per heavy atom. The molecule has 0 spiro atoms. The Kier molecular flexibility index (Phi) is 3.97. The topological polar surface area (TPSA) is 32.3 Å². The van der Waals surface area contributed by atoms with Crippen molar-refractivity contribution in [2.24, 2.45) is 0 Å². The number of amides is 1. The highest BCUT2D eigenvalue weighted by atomic mass is 35.5. The number of nitrogens with zero attached hydrogens (tertiary/aromatic N) is 1. The molecule has 0 bridgehead atoms. The molecule has 1 aromatic rings. The molecule has 1 aliphatic rings. The SMILES string of the molecule is O=C(Cc1ccc(Cl)cc1F)N1CCNCC1. The van der Waals surface area contributed by atoms with Crippen LogP contribution in [0.2, 0.25) is 5.02 Å². The lowest BCUT2D eigenvalue weighted by Crippen LogP contribution is -2.47. The number of carbonyl (C=O) groups excluding carboxylic acids is 1. The summed E-state index contributed by atoms with van der Waals surface area (Å²) in [6.07, 6.45) is 0.100. The summed E-state index contributed by atoms with van der Waals surface area (Å²) in [6, 6.07) is 4.41. The highest BCUT2D eigenvalue weighted by molar-refractivity contribution is 6.30. The van der Waals surface area contributed by atoms with Crippen LogP contribution in [0.1, 0.15) is 5.56 Å². The highest BCUT2D eigenvalue weighted by Gasteiger charge is 2.17. The lowest BCUT2D eigenvalue weighted by molar-refractivity contribution is -0.131. The average Bonchev–Trinajstić information content (AvgIpc) is 2.34. The zero-order valence-electron chi connectivity index (χ0n) is 9.38. The van der Waals surface area contributed by atoms with E-state index >= 15 is 0 Å². The summed E-state index contributed by atoms with van der Waals surface area (Å²) in [4.78, 5) is 13.7. The molecule has 1 aliphatic heterocycles. The van der Waals surface area contributed by atoms with Gasteiger partial charge in [-0.15, -0.1) is 0 Å². The summed E-state index contributed by atoms with van der Waals surface area (Å²) in [7, 11) is 0. The molecule has 1 saturated heterocycles. The fourth-order valence-electron chi connectivity index (χ4n) is 1.85. The minimum Gasteiger partial charge on any atom is -0.340 e. The number of hydrogen-bond donors (Lipinski definition) is 1. The molecular formula is C12H14ClFN2O. The molecular weight excluding hydrogens is 243 g/mol. The molecule has 2 rings (SSSR count). The first-order valence-electron chi connectivity index (χ1n) is 5.59. The first kappa shape index (κ1) is 12.3. The van der Waals surface area contributed by atoms with E-state index in [-0.39, 0.29) is 12.3 Å². The van der Waals surface area contributed by atoms with Crippen LogP contribution < -0.4 is 5.32 Å². The highest BCUT2D eigenvalue weighted by Crippen LogP contribution is 2.15. The van der Waals surface area contributed by atoms with Crippen molar-refractivity contribution in [3.8, 4) is 0 Å². The van der Waals surface area contributed by atoms with Crippen molar-refractivity contribution in [3.63, 3.8) is 0 Å². The fourth-order valence-corrected chi connectivity index (χ4v) is 2.01. The molecule has 0 aromatic heterocycles. The van der Waals surface area contributed by atoms with Gasteiger partial charge in [0.2, 0.25) is 5.91 Å². The molecule has 0 aliphatic carbocycles. The van der Waals surface area contributed by atoms with Crippen LogP contribution in [0.15, 0.2) is 18.2 Å². The van der Waals surface area contributed by atoms with Crippen molar-refractivity contribution in [2.75, 3.05) is 26.2 Å². The maximum Gasteiger partial charge on any atom is 0.227 e. The first-order valence-corrected chi connectivity index (χ1v) is 5.97. The summed E-state index contributed by atoms with van der Waals surface area (Å²) in [5.41, 5.74) is 0.401. The first-order chi connectivity index (χ1) is 8.16. The number of nitrogens with one attached hydrogen (secondary N) is 1. The van der Waals surface area contributed by atoms with Crippen LogP contribution in [0.25, 0.3) is 0 Å². The minimum absolute atomic E-state index is 0.0345. The van der Waals surface area contributed by atoms with Gasteiger partial charge in [-0.05, 0) is 17.7 Å². The normalized spacial score (nSPS) is 16.0. The maximum atomic E-state index is 13.5. The van der Waals surface area contributed by atoms with Crippen LogP contribution in [0.5, 0.6) is 0 Å². The van der Waals surface area contributed by atoms with Crippen LogP contribution in [-0.4, -0.2) is 37.0 Å². The lowest BCUT2D eigenvalue weighted by atomic mass is 10.1. The molecule has 0 atom stereocenters. The van der Waals surface area contributed by atoms with Crippen molar-refractivity contribution in [1.82, 2.24) is 10.2 Å². The fraction of sp³-hybridized carbons (Fsp3) is 0.417. The molecule has 1 amide bonds. The van der Waals surface area contributed by atoms with E-state index in [1.165, 1.54) is 6.07 Å². The van der Waals surface area contributed by atoms with E-state index in [0.717, 1.165) is 13.1 Å². The van der Waals surface area contributed by atoms with Gasteiger partial charge in [-0.3, -0.25) is 4.79 Å². The van der Waals surface area contributed by atoms with Crippen molar-refractivity contribution >= 4 is 17.5 Å². The predicted octanol–water partition coefficient (Wildman–Crippen LogP) is 1.45. The van der Waals surface area contributed by atoms with E-state index in [1.54, 1.807) is 17.0 Å². The van der Waals surface area contributed by atoms with E-state index in [4.69, 9.17) is 11.6 Å². The minimum atomic E-state index is -0.416. The predicted molar refractivity (Wildman–Crippen MR) is 64.6 cm³/mol. The van der Waals surface area contributed by atoms with Gasteiger partial charge in [-0.25, -0.2) is 4.39 Å². The Morgan fingerprint density at radius 3 is 2.76 bits per heavy atom. The van der Waals surface area contributed by atoms with Gasteiger partial charge in [0, 0.05) is 31.2 Å². The second-order valence-electron chi connectivity index (χ2n) is 4.04. The van der Waals surface area contributed by atoms with Gasteiger partial charge >= 0.3 is 0 Å². The molecule has 3 nitrogen and oxygen atoms in total. The smallest absolute Gasteiger partial charge is 0.227 e. The largest absolute Gasteiger partial charge is 0.340 e. The van der Waals surface area contributed by atoms with Gasteiger partial charge in [0.15, 0.2) is 0 Å². The van der Waals surface area contributed by atoms with Crippen LogP contribution in [-0.2, 0) is 11.2 Å². The number of rotatable bonds is 2. The average molecular weight is 257 g/mol. The number of carbonyl (C=O) groups is 1. The quantitative estimate of drug-likeness (QED) is 0.869. The Hall–Kier alpha value is -1.13. The third kappa shape index (κ3) is 3.17. The van der Waals surface area contributed by atoms with Crippen LogP contribution >= 0.6 is 11.6 Å². The standard InChI is InChI=1S/C12H14ClFN2O/c13-10-2-1-9(11(14)8-10)7-12(17)16-5-3-15-4-6-16/h1-2,8,15H,3-7H2. The molecule has 17 heavy (non-hydrogen) atoms. The van der Waals surface area contributed by atoms with Crippen molar-refractivity contribution in [2.45, 2.75) is 6.42 Å². The Balaban J connectivity index is 2.02. The van der Waals surface area contributed by atoms with E-state index < -0.39 is 5.82 Å². The van der Waals surface area contributed by atoms with E-state index in [1.807, 2.05) is 0 Å². The van der Waals surface area contributed by atoms with Gasteiger partial charge in [-0.1, -0.05) is 17.7 Å².